The summed E-state index contributed by atoms with van der Waals surface area (Å²) in [5.41, 5.74) is 0.398. The van der Waals surface area contributed by atoms with Crippen LogP contribution in [0.25, 0.3) is 0 Å². The van der Waals surface area contributed by atoms with E-state index in [0.29, 0.717) is 17.5 Å². The smallest absolute Gasteiger partial charge is 0.224 e. The van der Waals surface area contributed by atoms with Crippen LogP contribution >= 0.6 is 0 Å². The number of nitrogens with one attached hydrogen (secondary N) is 2. The minimum Gasteiger partial charge on any atom is -0.354 e. The first-order chi connectivity index (χ1) is 10.1. The molecule has 6 heteroatoms. The monoisotopic (exact) mass is 289 g/mol. The van der Waals surface area contributed by atoms with Crippen LogP contribution < -0.4 is 10.6 Å². The van der Waals surface area contributed by atoms with Gasteiger partial charge in [0, 0.05) is 12.7 Å². The molecule has 0 spiro atoms. The summed E-state index contributed by atoms with van der Waals surface area (Å²) in [6.45, 7) is 1.79. The molecule has 1 aromatic carbocycles. The largest absolute Gasteiger partial charge is 0.354 e. The highest BCUT2D eigenvalue weighted by Gasteiger charge is 2.03. The Kier molecular flexibility index (Phi) is 5.45. The Bertz CT molecular complexity index is 573. The van der Waals surface area contributed by atoms with Gasteiger partial charge in [-0.25, -0.2) is 9.37 Å². The third kappa shape index (κ3) is 5.00. The highest BCUT2D eigenvalue weighted by atomic mass is 19.1. The molecule has 2 rings (SSSR count). The highest BCUT2D eigenvalue weighted by Crippen LogP contribution is 2.18. The Morgan fingerprint density at radius 2 is 2.00 bits per heavy atom. The van der Waals surface area contributed by atoms with Gasteiger partial charge < -0.3 is 15.5 Å². The molecule has 0 saturated carbocycles. The fraction of sp³-hybridized carbons (Fsp3) is 0.333. The van der Waals surface area contributed by atoms with Crippen LogP contribution in [-0.4, -0.2) is 42.1 Å². The van der Waals surface area contributed by atoms with Gasteiger partial charge in [0.25, 0.3) is 0 Å². The summed E-state index contributed by atoms with van der Waals surface area (Å²) < 4.78 is 13.6. The van der Waals surface area contributed by atoms with Crippen molar-refractivity contribution >= 4 is 17.5 Å². The standard InChI is InChI=1S/C15H20FN5/c1-21(2)11-5-9-17-15-18-10-8-14(20-15)19-13-7-4-3-6-12(13)16/h3-4,6-8,10H,5,9,11H2,1-2H3,(H2,17,18,19,20). The summed E-state index contributed by atoms with van der Waals surface area (Å²) in [7, 11) is 4.07. The zero-order valence-electron chi connectivity index (χ0n) is 12.3. The summed E-state index contributed by atoms with van der Waals surface area (Å²) >= 11 is 0. The molecule has 0 fully saturated rings. The van der Waals surface area contributed by atoms with Crippen LogP contribution in [0.1, 0.15) is 6.42 Å². The van der Waals surface area contributed by atoms with Crippen molar-refractivity contribution in [1.82, 2.24) is 14.9 Å². The van der Waals surface area contributed by atoms with Gasteiger partial charge in [-0.1, -0.05) is 12.1 Å². The molecule has 0 saturated heterocycles. The number of hydrogen-bond acceptors (Lipinski definition) is 5. The molecule has 0 unspecified atom stereocenters. The first-order valence-corrected chi connectivity index (χ1v) is 6.88. The Labute approximate surface area is 124 Å². The van der Waals surface area contributed by atoms with Gasteiger partial charge in [-0.2, -0.15) is 4.98 Å². The SMILES string of the molecule is CN(C)CCCNc1nccc(Nc2ccccc2F)n1. The van der Waals surface area contributed by atoms with Gasteiger partial charge in [-0.05, 0) is 45.3 Å². The third-order valence-corrected chi connectivity index (χ3v) is 2.86. The lowest BCUT2D eigenvalue weighted by Crippen LogP contribution is -2.17. The highest BCUT2D eigenvalue weighted by molar-refractivity contribution is 5.57. The number of aromatic nitrogens is 2. The fourth-order valence-electron chi connectivity index (χ4n) is 1.81. The lowest BCUT2D eigenvalue weighted by molar-refractivity contribution is 0.405. The number of benzene rings is 1. The summed E-state index contributed by atoms with van der Waals surface area (Å²) in [6, 6.07) is 8.20. The third-order valence-electron chi connectivity index (χ3n) is 2.86. The van der Waals surface area contributed by atoms with Crippen molar-refractivity contribution in [2.75, 3.05) is 37.8 Å². The number of hydrogen-bond donors (Lipinski definition) is 2. The molecule has 0 bridgehead atoms. The number of rotatable bonds is 7. The Morgan fingerprint density at radius 1 is 1.19 bits per heavy atom. The molecule has 0 aliphatic carbocycles. The molecule has 0 radical (unpaired) electrons. The number of nitrogens with zero attached hydrogens (tertiary/aromatic N) is 3. The average molecular weight is 289 g/mol. The maximum Gasteiger partial charge on any atom is 0.224 e. The fourth-order valence-corrected chi connectivity index (χ4v) is 1.81. The van der Waals surface area contributed by atoms with Crippen molar-refractivity contribution in [1.29, 1.82) is 0 Å². The Morgan fingerprint density at radius 3 is 2.76 bits per heavy atom. The summed E-state index contributed by atoms with van der Waals surface area (Å²) in [6.07, 6.45) is 2.64. The Balaban J connectivity index is 1.93. The van der Waals surface area contributed by atoms with E-state index >= 15 is 0 Å². The lowest BCUT2D eigenvalue weighted by atomic mass is 10.3. The number of para-hydroxylation sites is 1. The molecule has 2 N–H and O–H groups in total. The molecular formula is C15H20FN5. The van der Waals surface area contributed by atoms with Crippen LogP contribution in [0.2, 0.25) is 0 Å². The first kappa shape index (κ1) is 15.2. The topological polar surface area (TPSA) is 53.1 Å². The molecule has 1 heterocycles. The summed E-state index contributed by atoms with van der Waals surface area (Å²) in [5.74, 6) is 0.789. The molecule has 2 aromatic rings. The van der Waals surface area contributed by atoms with Crippen LogP contribution in [0.3, 0.4) is 0 Å². The Hall–Kier alpha value is -2.21. The number of halogens is 1. The quantitative estimate of drug-likeness (QED) is 0.768. The predicted molar refractivity (Wildman–Crippen MR) is 83.4 cm³/mol. The van der Waals surface area contributed by atoms with E-state index in [0.717, 1.165) is 19.5 Å². The molecule has 21 heavy (non-hydrogen) atoms. The average Bonchev–Trinajstić information content (AvgIpc) is 2.46. The van der Waals surface area contributed by atoms with Crippen LogP contribution in [0.5, 0.6) is 0 Å². The van der Waals surface area contributed by atoms with Gasteiger partial charge in [0.2, 0.25) is 5.95 Å². The van der Waals surface area contributed by atoms with Crippen molar-refractivity contribution in [3.8, 4) is 0 Å². The minimum atomic E-state index is -0.309. The van der Waals surface area contributed by atoms with E-state index in [1.54, 1.807) is 30.5 Å². The first-order valence-electron chi connectivity index (χ1n) is 6.88. The normalized spacial score (nSPS) is 10.7. The molecule has 1 aromatic heterocycles. The van der Waals surface area contributed by atoms with Gasteiger partial charge in [0.1, 0.15) is 11.6 Å². The molecule has 0 amide bonds. The molecule has 5 nitrogen and oxygen atoms in total. The van der Waals surface area contributed by atoms with Crippen molar-refractivity contribution in [3.63, 3.8) is 0 Å². The van der Waals surface area contributed by atoms with Gasteiger partial charge >= 0.3 is 0 Å². The maximum atomic E-state index is 13.6. The van der Waals surface area contributed by atoms with Crippen LogP contribution in [0.15, 0.2) is 36.5 Å². The van der Waals surface area contributed by atoms with Gasteiger partial charge in [0.05, 0.1) is 5.69 Å². The van der Waals surface area contributed by atoms with Crippen LogP contribution in [0.4, 0.5) is 21.8 Å². The molecule has 112 valence electrons. The van der Waals surface area contributed by atoms with E-state index < -0.39 is 0 Å². The zero-order chi connectivity index (χ0) is 15.1. The van der Waals surface area contributed by atoms with Crippen molar-refractivity contribution < 1.29 is 4.39 Å². The van der Waals surface area contributed by atoms with E-state index in [9.17, 15) is 4.39 Å². The van der Waals surface area contributed by atoms with E-state index in [4.69, 9.17) is 0 Å². The predicted octanol–water partition coefficient (Wildman–Crippen LogP) is 2.72. The van der Waals surface area contributed by atoms with E-state index in [-0.39, 0.29) is 5.82 Å². The molecule has 0 aliphatic rings. The van der Waals surface area contributed by atoms with Crippen molar-refractivity contribution in [2.24, 2.45) is 0 Å². The van der Waals surface area contributed by atoms with Gasteiger partial charge in [0.15, 0.2) is 0 Å². The van der Waals surface area contributed by atoms with E-state index in [1.807, 2.05) is 14.1 Å². The van der Waals surface area contributed by atoms with E-state index in [2.05, 4.69) is 25.5 Å². The minimum absolute atomic E-state index is 0.309. The van der Waals surface area contributed by atoms with Crippen molar-refractivity contribution in [3.05, 3.63) is 42.3 Å². The number of anilines is 3. The van der Waals surface area contributed by atoms with Crippen LogP contribution in [-0.2, 0) is 0 Å². The molecular weight excluding hydrogens is 269 g/mol. The zero-order valence-corrected chi connectivity index (χ0v) is 12.3. The van der Waals surface area contributed by atoms with Crippen molar-refractivity contribution in [2.45, 2.75) is 6.42 Å². The van der Waals surface area contributed by atoms with Gasteiger partial charge in [-0.15, -0.1) is 0 Å². The molecule has 0 aliphatic heterocycles. The molecule has 0 atom stereocenters. The second-order valence-corrected chi connectivity index (χ2v) is 4.95. The van der Waals surface area contributed by atoms with Crippen LogP contribution in [0, 0.1) is 5.82 Å². The second kappa shape index (κ2) is 7.54. The second-order valence-electron chi connectivity index (χ2n) is 4.95. The maximum absolute atomic E-state index is 13.6. The van der Waals surface area contributed by atoms with Gasteiger partial charge in [-0.3, -0.25) is 0 Å². The van der Waals surface area contributed by atoms with E-state index in [1.165, 1.54) is 6.07 Å². The summed E-state index contributed by atoms with van der Waals surface area (Å²) in [5, 5.41) is 6.11. The summed E-state index contributed by atoms with van der Waals surface area (Å²) in [4.78, 5) is 10.6. The lowest BCUT2D eigenvalue weighted by Gasteiger charge is -2.11.